The topological polar surface area (TPSA) is 34.0 Å². The standard InChI is InChI=1S/C14H14N2O/c1-17-11-12-7-9-14(10-8-12)16-15-13-5-3-2-4-6-13/h2-10H,11H2,1H3. The van der Waals surface area contributed by atoms with Crippen LogP contribution in [0, 0.1) is 0 Å². The first kappa shape index (κ1) is 11.5. The predicted octanol–water partition coefficient (Wildman–Crippen LogP) is 4.25. The zero-order chi connectivity index (χ0) is 11.9. The van der Waals surface area contributed by atoms with Crippen molar-refractivity contribution in [3.63, 3.8) is 0 Å². The van der Waals surface area contributed by atoms with E-state index in [0.717, 1.165) is 16.9 Å². The fourth-order valence-electron chi connectivity index (χ4n) is 1.44. The van der Waals surface area contributed by atoms with E-state index in [-0.39, 0.29) is 0 Å². The Hall–Kier alpha value is -2.00. The fraction of sp³-hybridized carbons (Fsp3) is 0.143. The maximum atomic E-state index is 5.04. The molecule has 0 saturated carbocycles. The van der Waals surface area contributed by atoms with Gasteiger partial charge in [0.15, 0.2) is 0 Å². The Morgan fingerprint density at radius 3 is 2.00 bits per heavy atom. The molecule has 0 aliphatic heterocycles. The Labute approximate surface area is 101 Å². The highest BCUT2D eigenvalue weighted by molar-refractivity contribution is 5.40. The van der Waals surface area contributed by atoms with E-state index in [1.165, 1.54) is 0 Å². The molecule has 0 aliphatic rings. The molecule has 0 heterocycles. The summed E-state index contributed by atoms with van der Waals surface area (Å²) < 4.78 is 5.04. The fourth-order valence-corrected chi connectivity index (χ4v) is 1.44. The van der Waals surface area contributed by atoms with Crippen LogP contribution in [-0.2, 0) is 11.3 Å². The second-order valence-corrected chi connectivity index (χ2v) is 3.64. The van der Waals surface area contributed by atoms with Gasteiger partial charge in [0.05, 0.1) is 18.0 Å². The van der Waals surface area contributed by atoms with Crippen molar-refractivity contribution in [2.24, 2.45) is 10.2 Å². The summed E-state index contributed by atoms with van der Waals surface area (Å²) >= 11 is 0. The van der Waals surface area contributed by atoms with Crippen LogP contribution in [0.1, 0.15) is 5.56 Å². The van der Waals surface area contributed by atoms with Crippen LogP contribution in [0.25, 0.3) is 0 Å². The summed E-state index contributed by atoms with van der Waals surface area (Å²) in [6.45, 7) is 0.621. The third kappa shape index (κ3) is 3.50. The molecule has 0 atom stereocenters. The van der Waals surface area contributed by atoms with Gasteiger partial charge in [0.1, 0.15) is 0 Å². The van der Waals surface area contributed by atoms with Crippen LogP contribution in [0.5, 0.6) is 0 Å². The average molecular weight is 226 g/mol. The van der Waals surface area contributed by atoms with E-state index in [1.54, 1.807) is 7.11 Å². The number of methoxy groups -OCH3 is 1. The molecule has 0 aliphatic carbocycles. The lowest BCUT2D eigenvalue weighted by Gasteiger charge is -1.98. The zero-order valence-electron chi connectivity index (χ0n) is 9.71. The van der Waals surface area contributed by atoms with E-state index in [9.17, 15) is 0 Å². The van der Waals surface area contributed by atoms with E-state index in [0.29, 0.717) is 6.61 Å². The van der Waals surface area contributed by atoms with Crippen LogP contribution in [0.3, 0.4) is 0 Å². The van der Waals surface area contributed by atoms with Crippen molar-refractivity contribution in [2.75, 3.05) is 7.11 Å². The number of azo groups is 1. The van der Waals surface area contributed by atoms with E-state index in [2.05, 4.69) is 10.2 Å². The Balaban J connectivity index is 2.06. The molecule has 3 nitrogen and oxygen atoms in total. The molecule has 86 valence electrons. The first-order valence-corrected chi connectivity index (χ1v) is 5.43. The monoisotopic (exact) mass is 226 g/mol. The molecule has 0 bridgehead atoms. The molecule has 0 radical (unpaired) electrons. The van der Waals surface area contributed by atoms with Crippen LogP contribution in [0.4, 0.5) is 11.4 Å². The molecule has 2 aromatic rings. The van der Waals surface area contributed by atoms with Crippen LogP contribution >= 0.6 is 0 Å². The van der Waals surface area contributed by atoms with Gasteiger partial charge in [0.2, 0.25) is 0 Å². The van der Waals surface area contributed by atoms with Crippen molar-refractivity contribution in [3.05, 3.63) is 60.2 Å². The number of rotatable bonds is 4. The van der Waals surface area contributed by atoms with Gasteiger partial charge in [-0.15, -0.1) is 0 Å². The third-order valence-corrected chi connectivity index (χ3v) is 2.28. The first-order valence-electron chi connectivity index (χ1n) is 5.43. The molecule has 0 aromatic heterocycles. The minimum absolute atomic E-state index is 0.621. The summed E-state index contributed by atoms with van der Waals surface area (Å²) in [7, 11) is 1.68. The number of hydrogen-bond acceptors (Lipinski definition) is 3. The maximum Gasteiger partial charge on any atom is 0.0857 e. The summed E-state index contributed by atoms with van der Waals surface area (Å²) in [5.74, 6) is 0. The lowest BCUT2D eigenvalue weighted by Crippen LogP contribution is -1.84. The van der Waals surface area contributed by atoms with Crippen molar-refractivity contribution in [3.8, 4) is 0 Å². The van der Waals surface area contributed by atoms with E-state index in [4.69, 9.17) is 4.74 Å². The molecule has 0 N–H and O–H groups in total. The lowest BCUT2D eigenvalue weighted by atomic mass is 10.2. The molecule has 0 saturated heterocycles. The zero-order valence-corrected chi connectivity index (χ0v) is 9.71. The summed E-state index contributed by atoms with van der Waals surface area (Å²) in [4.78, 5) is 0. The molecular weight excluding hydrogens is 212 g/mol. The molecule has 2 rings (SSSR count). The van der Waals surface area contributed by atoms with E-state index >= 15 is 0 Å². The number of hydrogen-bond donors (Lipinski definition) is 0. The van der Waals surface area contributed by atoms with Gasteiger partial charge in [0.25, 0.3) is 0 Å². The highest BCUT2D eigenvalue weighted by Crippen LogP contribution is 2.18. The lowest BCUT2D eigenvalue weighted by molar-refractivity contribution is 0.185. The predicted molar refractivity (Wildman–Crippen MR) is 67.8 cm³/mol. The number of nitrogens with zero attached hydrogens (tertiary/aromatic N) is 2. The molecule has 0 amide bonds. The minimum Gasteiger partial charge on any atom is -0.380 e. The van der Waals surface area contributed by atoms with Crippen LogP contribution in [0.2, 0.25) is 0 Å². The molecule has 0 unspecified atom stereocenters. The van der Waals surface area contributed by atoms with Gasteiger partial charge in [-0.05, 0) is 29.8 Å². The van der Waals surface area contributed by atoms with Gasteiger partial charge in [-0.25, -0.2) is 0 Å². The maximum absolute atomic E-state index is 5.04. The third-order valence-electron chi connectivity index (χ3n) is 2.28. The SMILES string of the molecule is COCc1ccc(N=Nc2ccccc2)cc1. The highest BCUT2D eigenvalue weighted by atomic mass is 16.5. The van der Waals surface area contributed by atoms with E-state index < -0.39 is 0 Å². The van der Waals surface area contributed by atoms with Gasteiger partial charge in [0, 0.05) is 7.11 Å². The van der Waals surface area contributed by atoms with Gasteiger partial charge < -0.3 is 4.74 Å². The van der Waals surface area contributed by atoms with Crippen molar-refractivity contribution >= 4 is 11.4 Å². The minimum atomic E-state index is 0.621. The Kier molecular flexibility index (Phi) is 4.00. The smallest absolute Gasteiger partial charge is 0.0857 e. The van der Waals surface area contributed by atoms with Gasteiger partial charge in [-0.2, -0.15) is 10.2 Å². The molecule has 0 fully saturated rings. The van der Waals surface area contributed by atoms with Gasteiger partial charge >= 0.3 is 0 Å². The normalized spacial score (nSPS) is 10.9. The van der Waals surface area contributed by atoms with Gasteiger partial charge in [-0.3, -0.25) is 0 Å². The Bertz CT molecular complexity index is 477. The van der Waals surface area contributed by atoms with E-state index in [1.807, 2.05) is 54.6 Å². The van der Waals surface area contributed by atoms with Crippen LogP contribution < -0.4 is 0 Å². The largest absolute Gasteiger partial charge is 0.380 e. The molecule has 17 heavy (non-hydrogen) atoms. The quantitative estimate of drug-likeness (QED) is 0.717. The molecule has 3 heteroatoms. The van der Waals surface area contributed by atoms with Crippen LogP contribution in [-0.4, -0.2) is 7.11 Å². The molecule has 0 spiro atoms. The van der Waals surface area contributed by atoms with Crippen molar-refractivity contribution in [2.45, 2.75) is 6.61 Å². The summed E-state index contributed by atoms with van der Waals surface area (Å²) in [5.41, 5.74) is 2.83. The van der Waals surface area contributed by atoms with Crippen molar-refractivity contribution < 1.29 is 4.74 Å². The summed E-state index contributed by atoms with van der Waals surface area (Å²) in [5, 5.41) is 8.31. The Morgan fingerprint density at radius 2 is 1.41 bits per heavy atom. The summed E-state index contributed by atoms with van der Waals surface area (Å²) in [6, 6.07) is 17.5. The number of benzene rings is 2. The average Bonchev–Trinajstić information content (AvgIpc) is 2.40. The van der Waals surface area contributed by atoms with Crippen LogP contribution in [0.15, 0.2) is 64.8 Å². The number of ether oxygens (including phenoxy) is 1. The van der Waals surface area contributed by atoms with Crippen molar-refractivity contribution in [1.29, 1.82) is 0 Å². The first-order chi connectivity index (χ1) is 8.38. The van der Waals surface area contributed by atoms with Crippen molar-refractivity contribution in [1.82, 2.24) is 0 Å². The van der Waals surface area contributed by atoms with Gasteiger partial charge in [-0.1, -0.05) is 30.3 Å². The summed E-state index contributed by atoms with van der Waals surface area (Å²) in [6.07, 6.45) is 0. The molecular formula is C14H14N2O. The Morgan fingerprint density at radius 1 is 0.824 bits per heavy atom. The second kappa shape index (κ2) is 5.92. The molecule has 2 aromatic carbocycles. The second-order valence-electron chi connectivity index (χ2n) is 3.64. The highest BCUT2D eigenvalue weighted by Gasteiger charge is 1.93.